The van der Waals surface area contributed by atoms with Crippen molar-refractivity contribution >= 4 is 65.4 Å². The number of nitrogens with zero attached hydrogens (tertiary/aromatic N) is 6. The van der Waals surface area contributed by atoms with Crippen LogP contribution < -0.4 is 9.30 Å². The number of rotatable bonds is 8. The molecule has 0 fully saturated rings. The van der Waals surface area contributed by atoms with E-state index in [0.29, 0.717) is 5.75 Å². The SMILES string of the molecule is Cn1c2ccccc2c2c1c1c(c3ccc(Oc4cccc(-[n+]5[c-]n(-c6c(-c7ccccc7)cccc6-c6ccccc6)cc5)c4)cc3n1-c1cc(C(C)(C)C)ccn1)c1c3ccccc3n(-c3ccccc3)c12. The summed E-state index contributed by atoms with van der Waals surface area (Å²) in [7, 11) is 2.21. The normalized spacial score (nSPS) is 12.1. The van der Waals surface area contributed by atoms with Crippen molar-refractivity contribution in [2.45, 2.75) is 26.2 Å². The van der Waals surface area contributed by atoms with Crippen molar-refractivity contribution in [3.8, 4) is 56.6 Å². The Morgan fingerprint density at radius 1 is 0.500 bits per heavy atom. The van der Waals surface area contributed by atoms with Crippen molar-refractivity contribution < 1.29 is 9.30 Å². The van der Waals surface area contributed by atoms with Gasteiger partial charge in [-0.25, -0.2) is 4.98 Å². The Bertz CT molecular complexity index is 4440. The standard InChI is InChI=1S/C67H50N6O/c1-67(2,3)46-36-37-68-59(40-46)73-58-42-50(74-49-27-18-26-48(41-49)70-38-39-71(43-70)63-51(44-20-8-5-9-21-44)30-19-31-52(63)45-22-10-6-11-23-45)34-35-55(58)61-60-54-29-15-17-33-57(54)72(47-24-12-7-13-25-47)64(60)62-53-28-14-16-32-56(53)69(4)65(62)66(61)73/h5-42H,1-4H3. The van der Waals surface area contributed by atoms with E-state index in [1.165, 1.54) is 43.5 Å². The zero-order valence-electron chi connectivity index (χ0n) is 41.5. The van der Waals surface area contributed by atoms with E-state index < -0.39 is 0 Å². The second-order valence-corrected chi connectivity index (χ2v) is 20.3. The average molecular weight is 955 g/mol. The first-order chi connectivity index (χ1) is 36.3. The molecule has 0 saturated carbocycles. The lowest BCUT2D eigenvalue weighted by Crippen LogP contribution is -2.28. The smallest absolute Gasteiger partial charge is 0.268 e. The quantitative estimate of drug-likeness (QED) is 0.113. The van der Waals surface area contributed by atoms with Gasteiger partial charge in [0, 0.05) is 75.2 Å². The second kappa shape index (κ2) is 16.8. The van der Waals surface area contributed by atoms with Gasteiger partial charge in [0.2, 0.25) is 0 Å². The monoisotopic (exact) mass is 954 g/mol. The number of pyridine rings is 1. The molecule has 7 heteroatoms. The van der Waals surface area contributed by atoms with Gasteiger partial charge in [0.1, 0.15) is 17.3 Å². The largest absolute Gasteiger partial charge is 0.458 e. The fraction of sp³-hybridized carbons (Fsp3) is 0.0746. The number of aryl methyl sites for hydroxylation is 1. The molecule has 74 heavy (non-hydrogen) atoms. The molecule has 0 amide bonds. The highest BCUT2D eigenvalue weighted by Crippen LogP contribution is 2.50. The Morgan fingerprint density at radius 2 is 1.11 bits per heavy atom. The van der Waals surface area contributed by atoms with E-state index in [4.69, 9.17) is 9.72 Å². The van der Waals surface area contributed by atoms with Gasteiger partial charge in [-0.05, 0) is 100.0 Å². The molecule has 0 aliphatic carbocycles. The van der Waals surface area contributed by atoms with Gasteiger partial charge in [-0.15, -0.1) is 0 Å². The number of imidazole rings is 1. The Labute approximate surface area is 428 Å². The van der Waals surface area contributed by atoms with E-state index in [2.05, 4.69) is 265 Å². The Morgan fingerprint density at radius 3 is 1.82 bits per heavy atom. The summed E-state index contributed by atoms with van der Waals surface area (Å²) in [6.07, 6.45) is 9.77. The summed E-state index contributed by atoms with van der Waals surface area (Å²) in [4.78, 5) is 5.21. The molecule has 0 aliphatic rings. The van der Waals surface area contributed by atoms with Gasteiger partial charge in [-0.3, -0.25) is 13.7 Å². The van der Waals surface area contributed by atoms with Gasteiger partial charge >= 0.3 is 0 Å². The lowest BCUT2D eigenvalue weighted by atomic mass is 9.88. The minimum atomic E-state index is -0.104. The highest BCUT2D eigenvalue weighted by Gasteiger charge is 2.29. The molecule has 0 N–H and O–H groups in total. The molecule has 9 aromatic carbocycles. The zero-order valence-corrected chi connectivity index (χ0v) is 41.5. The van der Waals surface area contributed by atoms with Crippen LogP contribution in [0.25, 0.3) is 111 Å². The number of para-hydroxylation sites is 4. The zero-order chi connectivity index (χ0) is 49.7. The molecule has 0 aliphatic heterocycles. The number of fused-ring (bicyclic) bond motifs is 12. The van der Waals surface area contributed by atoms with Crippen LogP contribution in [0.2, 0.25) is 0 Å². The topological polar surface area (TPSA) is 45.7 Å². The van der Waals surface area contributed by atoms with Crippen LogP contribution in [0.15, 0.2) is 231 Å². The molecule has 14 aromatic rings. The average Bonchev–Trinajstić information content (AvgIpc) is 4.38. The third kappa shape index (κ3) is 6.81. The molecule has 5 aromatic heterocycles. The van der Waals surface area contributed by atoms with Gasteiger partial charge in [-0.2, -0.15) is 0 Å². The highest BCUT2D eigenvalue weighted by molar-refractivity contribution is 6.40. The maximum Gasteiger partial charge on any atom is 0.268 e. The van der Waals surface area contributed by atoms with Crippen molar-refractivity contribution in [1.29, 1.82) is 0 Å². The molecule has 0 unspecified atom stereocenters. The summed E-state index contributed by atoms with van der Waals surface area (Å²) in [5.41, 5.74) is 15.5. The van der Waals surface area contributed by atoms with E-state index in [1.807, 2.05) is 22.9 Å². The van der Waals surface area contributed by atoms with Crippen LogP contribution in [0.5, 0.6) is 11.5 Å². The van der Waals surface area contributed by atoms with E-state index in [9.17, 15) is 0 Å². The number of ether oxygens (including phenoxy) is 1. The van der Waals surface area contributed by atoms with Crippen molar-refractivity contribution in [2.75, 3.05) is 0 Å². The summed E-state index contributed by atoms with van der Waals surface area (Å²) in [5, 5.41) is 7.12. The van der Waals surface area contributed by atoms with Gasteiger partial charge < -0.3 is 13.9 Å². The summed E-state index contributed by atoms with van der Waals surface area (Å²) in [5.74, 6) is 2.29. The fourth-order valence-electron chi connectivity index (χ4n) is 11.5. The summed E-state index contributed by atoms with van der Waals surface area (Å²) < 4.78 is 18.3. The second-order valence-electron chi connectivity index (χ2n) is 20.3. The first kappa shape index (κ1) is 43.3. The number of aromatic nitrogens is 6. The van der Waals surface area contributed by atoms with Gasteiger partial charge in [0.15, 0.2) is 0 Å². The predicted octanol–water partition coefficient (Wildman–Crippen LogP) is 16.2. The summed E-state index contributed by atoms with van der Waals surface area (Å²) >= 11 is 0. The van der Waals surface area contributed by atoms with Crippen LogP contribution in [0.4, 0.5) is 0 Å². The van der Waals surface area contributed by atoms with Crippen molar-refractivity contribution in [2.24, 2.45) is 7.05 Å². The van der Waals surface area contributed by atoms with E-state index >= 15 is 0 Å². The third-order valence-electron chi connectivity index (χ3n) is 14.8. The number of hydrogen-bond donors (Lipinski definition) is 0. The molecule has 354 valence electrons. The molecule has 0 spiro atoms. The van der Waals surface area contributed by atoms with Crippen LogP contribution in [0, 0.1) is 6.33 Å². The van der Waals surface area contributed by atoms with Gasteiger partial charge in [0.05, 0.1) is 39.0 Å². The Kier molecular flexibility index (Phi) is 9.85. The lowest BCUT2D eigenvalue weighted by molar-refractivity contribution is -0.599. The number of benzene rings is 9. The molecule has 7 nitrogen and oxygen atoms in total. The molecule has 14 rings (SSSR count). The maximum absolute atomic E-state index is 6.96. The van der Waals surface area contributed by atoms with Crippen LogP contribution in [0.3, 0.4) is 0 Å². The number of hydrogen-bond acceptors (Lipinski definition) is 2. The fourth-order valence-corrected chi connectivity index (χ4v) is 11.5. The van der Waals surface area contributed by atoms with Gasteiger partial charge in [0.25, 0.3) is 6.33 Å². The van der Waals surface area contributed by atoms with E-state index in [-0.39, 0.29) is 5.41 Å². The molecule has 5 heterocycles. The first-order valence-electron chi connectivity index (χ1n) is 25.3. The molecule has 0 atom stereocenters. The summed E-state index contributed by atoms with van der Waals surface area (Å²) in [6.45, 7) is 6.79. The molecular weight excluding hydrogens is 905 g/mol. The summed E-state index contributed by atoms with van der Waals surface area (Å²) in [6, 6.07) is 75.3. The first-order valence-corrected chi connectivity index (χ1v) is 25.3. The lowest BCUT2D eigenvalue weighted by Gasteiger charge is -2.20. The Hall–Kier alpha value is -9.46. The minimum absolute atomic E-state index is 0.104. The van der Waals surface area contributed by atoms with E-state index in [0.717, 1.165) is 78.3 Å². The van der Waals surface area contributed by atoms with Crippen LogP contribution in [0.1, 0.15) is 26.3 Å². The van der Waals surface area contributed by atoms with Crippen LogP contribution in [-0.2, 0) is 12.5 Å². The van der Waals surface area contributed by atoms with Gasteiger partial charge in [-0.1, -0.05) is 160 Å². The van der Waals surface area contributed by atoms with Crippen molar-refractivity contribution in [3.05, 3.63) is 243 Å². The predicted molar refractivity (Wildman–Crippen MR) is 303 cm³/mol. The molecular formula is C67H50N6O. The Balaban J connectivity index is 0.972. The minimum Gasteiger partial charge on any atom is -0.458 e. The van der Waals surface area contributed by atoms with Crippen LogP contribution >= 0.6 is 0 Å². The van der Waals surface area contributed by atoms with E-state index in [1.54, 1.807) is 0 Å². The van der Waals surface area contributed by atoms with Crippen molar-refractivity contribution in [3.63, 3.8) is 0 Å². The molecule has 0 radical (unpaired) electrons. The molecule has 0 bridgehead atoms. The third-order valence-corrected chi connectivity index (χ3v) is 14.8. The van der Waals surface area contributed by atoms with Crippen LogP contribution in [-0.4, -0.2) is 23.3 Å². The highest BCUT2D eigenvalue weighted by atomic mass is 16.5. The van der Waals surface area contributed by atoms with Crippen molar-refractivity contribution in [1.82, 2.24) is 23.3 Å². The molecule has 0 saturated heterocycles. The maximum atomic E-state index is 6.96.